The van der Waals surface area contributed by atoms with E-state index in [9.17, 15) is 0 Å². The largest absolute Gasteiger partial charge is 0.455 e. The van der Waals surface area contributed by atoms with Gasteiger partial charge in [0.05, 0.1) is 0 Å². The van der Waals surface area contributed by atoms with Crippen molar-refractivity contribution in [2.75, 3.05) is 5.32 Å². The first-order chi connectivity index (χ1) is 30.7. The smallest absolute Gasteiger partial charge is 0.143 e. The molecule has 0 spiro atoms. The molecule has 2 nitrogen and oxygen atoms in total. The fourth-order valence-corrected chi connectivity index (χ4v) is 8.25. The zero-order valence-electron chi connectivity index (χ0n) is 34.2. The second kappa shape index (κ2) is 17.6. The van der Waals surface area contributed by atoms with Crippen LogP contribution in [0.25, 0.3) is 89.2 Å². The van der Waals surface area contributed by atoms with Crippen LogP contribution in [0.4, 0.5) is 5.69 Å². The van der Waals surface area contributed by atoms with E-state index in [1.54, 1.807) is 0 Å². The van der Waals surface area contributed by atoms with E-state index >= 15 is 0 Å². The van der Waals surface area contributed by atoms with Crippen molar-refractivity contribution in [3.8, 4) is 55.6 Å². The minimum Gasteiger partial charge on any atom is -0.455 e. The highest BCUT2D eigenvalue weighted by molar-refractivity contribution is 6.12. The molecule has 0 aliphatic rings. The van der Waals surface area contributed by atoms with Gasteiger partial charge < -0.3 is 9.73 Å². The van der Waals surface area contributed by atoms with E-state index < -0.39 is 0 Å². The predicted octanol–water partition coefficient (Wildman–Crippen LogP) is 16.6. The molecule has 9 aromatic carbocycles. The number of benzene rings is 9. The maximum absolute atomic E-state index is 6.75. The summed E-state index contributed by atoms with van der Waals surface area (Å²) in [5, 5.41) is 5.71. The number of allylic oxidation sites excluding steroid dienone is 4. The summed E-state index contributed by atoms with van der Waals surface area (Å²) in [6.45, 7) is 0. The van der Waals surface area contributed by atoms with Crippen molar-refractivity contribution in [1.29, 1.82) is 0 Å². The molecule has 0 saturated carbocycles. The molecule has 0 radical (unpaired) electrons. The molecule has 62 heavy (non-hydrogen) atoms. The third kappa shape index (κ3) is 8.06. The lowest BCUT2D eigenvalue weighted by Crippen LogP contribution is -1.91. The number of furan rings is 1. The van der Waals surface area contributed by atoms with Crippen LogP contribution in [0, 0.1) is 0 Å². The predicted molar refractivity (Wildman–Crippen MR) is 264 cm³/mol. The Hall–Kier alpha value is -8.20. The first kappa shape index (κ1) is 38.0. The van der Waals surface area contributed by atoms with Crippen LogP contribution in [-0.2, 0) is 0 Å². The summed E-state index contributed by atoms with van der Waals surface area (Å²) in [7, 11) is 0. The van der Waals surface area contributed by atoms with Gasteiger partial charge in [-0.05, 0) is 97.1 Å². The Labute approximate surface area is 363 Å². The standard InChI is InChI=1S/C60H43NO/c1-4-15-43(16-5-1)45-26-28-47(29-27-45)48-36-38-53(39-37-48)61-42-14-22-51(33-32-50-21-10-11-23-54(50)49-19-8-3-9-20-49)55-40-41-57-56-24-12-13-25-58(56)62-60(57)59(55)52-34-30-46(31-35-52)44-17-6-2-7-18-44/h1-42,61H/b33-32-,42-14+,51-22+. The molecule has 2 heteroatoms. The van der Waals surface area contributed by atoms with Crippen molar-refractivity contribution >= 4 is 39.3 Å². The van der Waals surface area contributed by atoms with Crippen molar-refractivity contribution in [1.82, 2.24) is 0 Å². The fourth-order valence-electron chi connectivity index (χ4n) is 8.25. The van der Waals surface area contributed by atoms with E-state index in [2.05, 4.69) is 242 Å². The van der Waals surface area contributed by atoms with Gasteiger partial charge in [-0.25, -0.2) is 0 Å². The van der Waals surface area contributed by atoms with Gasteiger partial charge in [-0.2, -0.15) is 0 Å². The number of anilines is 1. The highest BCUT2D eigenvalue weighted by Gasteiger charge is 2.18. The molecule has 0 aliphatic heterocycles. The average molecular weight is 794 g/mol. The Morgan fingerprint density at radius 3 is 1.53 bits per heavy atom. The first-order valence-corrected chi connectivity index (χ1v) is 21.1. The maximum Gasteiger partial charge on any atom is 0.143 e. The molecule has 0 aliphatic carbocycles. The van der Waals surface area contributed by atoms with Crippen LogP contribution in [0.3, 0.4) is 0 Å². The minimum absolute atomic E-state index is 0.872. The van der Waals surface area contributed by atoms with E-state index in [0.29, 0.717) is 0 Å². The summed E-state index contributed by atoms with van der Waals surface area (Å²) < 4.78 is 6.75. The van der Waals surface area contributed by atoms with E-state index in [1.165, 1.54) is 44.5 Å². The molecular weight excluding hydrogens is 751 g/mol. The summed E-state index contributed by atoms with van der Waals surface area (Å²) in [6, 6.07) is 79.1. The Morgan fingerprint density at radius 2 is 0.903 bits per heavy atom. The van der Waals surface area contributed by atoms with Crippen LogP contribution in [0.1, 0.15) is 11.1 Å². The summed E-state index contributed by atoms with van der Waals surface area (Å²) in [4.78, 5) is 0. The first-order valence-electron chi connectivity index (χ1n) is 21.1. The number of para-hydroxylation sites is 1. The molecule has 1 N–H and O–H groups in total. The number of hydrogen-bond acceptors (Lipinski definition) is 2. The summed E-state index contributed by atoms with van der Waals surface area (Å²) in [5.74, 6) is 0. The van der Waals surface area contributed by atoms with E-state index in [-0.39, 0.29) is 0 Å². The van der Waals surface area contributed by atoms with Crippen LogP contribution < -0.4 is 5.32 Å². The number of nitrogens with one attached hydrogen (secondary N) is 1. The van der Waals surface area contributed by atoms with Crippen molar-refractivity contribution in [3.63, 3.8) is 0 Å². The molecular formula is C60H43NO. The van der Waals surface area contributed by atoms with Gasteiger partial charge in [-0.1, -0.05) is 218 Å². The third-order valence-electron chi connectivity index (χ3n) is 11.5. The number of hydrogen-bond donors (Lipinski definition) is 1. The van der Waals surface area contributed by atoms with Crippen molar-refractivity contribution < 1.29 is 4.42 Å². The molecule has 0 bridgehead atoms. The molecule has 10 rings (SSSR count). The van der Waals surface area contributed by atoms with Gasteiger partial charge >= 0.3 is 0 Å². The van der Waals surface area contributed by atoms with E-state index in [1.807, 2.05) is 18.3 Å². The van der Waals surface area contributed by atoms with Gasteiger partial charge in [-0.15, -0.1) is 0 Å². The highest BCUT2D eigenvalue weighted by Crippen LogP contribution is 2.42. The van der Waals surface area contributed by atoms with Crippen molar-refractivity contribution in [2.45, 2.75) is 0 Å². The van der Waals surface area contributed by atoms with Gasteiger partial charge in [0.25, 0.3) is 0 Å². The molecule has 0 fully saturated rings. The normalized spacial score (nSPS) is 11.8. The highest BCUT2D eigenvalue weighted by atomic mass is 16.3. The quantitative estimate of drug-likeness (QED) is 0.132. The molecule has 0 atom stereocenters. The van der Waals surface area contributed by atoms with Gasteiger partial charge in [0, 0.05) is 28.2 Å². The van der Waals surface area contributed by atoms with Crippen LogP contribution in [0.2, 0.25) is 0 Å². The zero-order valence-corrected chi connectivity index (χ0v) is 34.2. The van der Waals surface area contributed by atoms with Crippen molar-refractivity contribution in [3.05, 3.63) is 260 Å². The van der Waals surface area contributed by atoms with Crippen LogP contribution >= 0.6 is 0 Å². The third-order valence-corrected chi connectivity index (χ3v) is 11.5. The van der Waals surface area contributed by atoms with Crippen LogP contribution in [0.5, 0.6) is 0 Å². The topological polar surface area (TPSA) is 25.2 Å². The zero-order chi connectivity index (χ0) is 41.5. The van der Waals surface area contributed by atoms with Gasteiger partial charge in [0.15, 0.2) is 0 Å². The van der Waals surface area contributed by atoms with E-state index in [4.69, 9.17) is 4.42 Å². The Kier molecular flexibility index (Phi) is 10.8. The average Bonchev–Trinajstić information content (AvgIpc) is 3.74. The monoisotopic (exact) mass is 793 g/mol. The lowest BCUT2D eigenvalue weighted by atomic mass is 9.90. The molecule has 10 aromatic rings. The maximum atomic E-state index is 6.75. The molecule has 1 heterocycles. The van der Waals surface area contributed by atoms with Gasteiger partial charge in [0.2, 0.25) is 0 Å². The molecule has 0 amide bonds. The Morgan fingerprint density at radius 1 is 0.403 bits per heavy atom. The second-order valence-electron chi connectivity index (χ2n) is 15.3. The molecule has 294 valence electrons. The van der Waals surface area contributed by atoms with Crippen molar-refractivity contribution in [2.24, 2.45) is 0 Å². The van der Waals surface area contributed by atoms with Crippen LogP contribution in [-0.4, -0.2) is 0 Å². The lowest BCUT2D eigenvalue weighted by Gasteiger charge is -2.13. The second-order valence-corrected chi connectivity index (χ2v) is 15.3. The molecule has 0 unspecified atom stereocenters. The number of fused-ring (bicyclic) bond motifs is 3. The van der Waals surface area contributed by atoms with Gasteiger partial charge in [-0.3, -0.25) is 0 Å². The Balaban J connectivity index is 1.02. The number of rotatable bonds is 11. The Bertz CT molecular complexity index is 3190. The molecule has 0 saturated heterocycles. The summed E-state index contributed by atoms with van der Waals surface area (Å²) in [6.07, 6.45) is 10.7. The lowest BCUT2D eigenvalue weighted by molar-refractivity contribution is 0.670. The van der Waals surface area contributed by atoms with Gasteiger partial charge in [0.1, 0.15) is 11.2 Å². The summed E-state index contributed by atoms with van der Waals surface area (Å²) in [5.41, 5.74) is 17.7. The summed E-state index contributed by atoms with van der Waals surface area (Å²) >= 11 is 0. The molecule has 1 aromatic heterocycles. The van der Waals surface area contributed by atoms with E-state index in [0.717, 1.165) is 55.5 Å². The minimum atomic E-state index is 0.872. The SMILES string of the molecule is C(=C/c1ccccc1-c1ccccc1)/C(=C\C=C\Nc1ccc(-c2ccc(-c3ccccc3)cc2)cc1)c1ccc2c(oc3ccccc32)c1-c1ccc(-c2ccccc2)cc1. The van der Waals surface area contributed by atoms with Crippen LogP contribution in [0.15, 0.2) is 253 Å². The fraction of sp³-hybridized carbons (Fsp3) is 0.